The van der Waals surface area contributed by atoms with Crippen molar-refractivity contribution in [3.63, 3.8) is 0 Å². The number of halogens is 2. The van der Waals surface area contributed by atoms with Crippen LogP contribution in [0.1, 0.15) is 17.5 Å². The van der Waals surface area contributed by atoms with Gasteiger partial charge in [-0.05, 0) is 35.4 Å². The van der Waals surface area contributed by atoms with Gasteiger partial charge in [0.1, 0.15) is 11.6 Å². The van der Waals surface area contributed by atoms with Crippen LogP contribution in [-0.4, -0.2) is 33.0 Å². The molecule has 154 valence electrons. The maximum Gasteiger partial charge on any atom is 0.229 e. The summed E-state index contributed by atoms with van der Waals surface area (Å²) < 4.78 is 28.3. The summed E-state index contributed by atoms with van der Waals surface area (Å²) in [7, 11) is 0. The summed E-state index contributed by atoms with van der Waals surface area (Å²) in [5.41, 5.74) is 1.95. The van der Waals surface area contributed by atoms with Gasteiger partial charge in [0.05, 0.1) is 24.3 Å². The van der Waals surface area contributed by atoms with Crippen LogP contribution in [0.4, 0.5) is 14.5 Å². The van der Waals surface area contributed by atoms with E-state index in [0.717, 1.165) is 5.56 Å². The Kier molecular flexibility index (Phi) is 5.56. The quantitative estimate of drug-likeness (QED) is 0.679. The minimum Gasteiger partial charge on any atom is -0.338 e. The molecule has 1 saturated heterocycles. The van der Waals surface area contributed by atoms with Crippen LogP contribution >= 0.6 is 0 Å². The Labute approximate surface area is 172 Å². The topological polar surface area (TPSA) is 67.2 Å². The van der Waals surface area contributed by atoms with Crippen LogP contribution < -0.4 is 5.32 Å². The van der Waals surface area contributed by atoms with Crippen molar-refractivity contribution >= 4 is 17.5 Å². The summed E-state index contributed by atoms with van der Waals surface area (Å²) in [6.07, 6.45) is 3.28. The van der Waals surface area contributed by atoms with Crippen LogP contribution in [0.15, 0.2) is 60.9 Å². The zero-order valence-electron chi connectivity index (χ0n) is 16.1. The highest BCUT2D eigenvalue weighted by Crippen LogP contribution is 2.22. The summed E-state index contributed by atoms with van der Waals surface area (Å²) in [6, 6.07) is 12.3. The average Bonchev–Trinajstić information content (AvgIpc) is 3.28. The van der Waals surface area contributed by atoms with Gasteiger partial charge in [-0.25, -0.2) is 8.78 Å². The van der Waals surface area contributed by atoms with Crippen LogP contribution in [0.5, 0.6) is 0 Å². The van der Waals surface area contributed by atoms with Gasteiger partial charge in [-0.2, -0.15) is 5.10 Å². The zero-order chi connectivity index (χ0) is 21.1. The van der Waals surface area contributed by atoms with Gasteiger partial charge in [0.2, 0.25) is 11.8 Å². The van der Waals surface area contributed by atoms with Crippen molar-refractivity contribution in [2.24, 2.45) is 5.92 Å². The molecule has 4 rings (SSSR count). The molecule has 0 radical (unpaired) electrons. The third-order valence-electron chi connectivity index (χ3n) is 4.98. The fourth-order valence-electron chi connectivity index (χ4n) is 3.54. The Bertz CT molecular complexity index is 1080. The van der Waals surface area contributed by atoms with Crippen molar-refractivity contribution in [3.8, 4) is 0 Å². The van der Waals surface area contributed by atoms with E-state index in [1.54, 1.807) is 40.0 Å². The van der Waals surface area contributed by atoms with E-state index in [1.165, 1.54) is 30.5 Å². The minimum absolute atomic E-state index is 0.110. The fraction of sp³-hybridized carbons (Fsp3) is 0.227. The second kappa shape index (κ2) is 8.44. The molecular weight excluding hydrogens is 390 g/mol. The summed E-state index contributed by atoms with van der Waals surface area (Å²) in [5.74, 6) is -1.57. The van der Waals surface area contributed by atoms with Crippen molar-refractivity contribution in [1.82, 2.24) is 14.7 Å². The lowest BCUT2D eigenvalue weighted by atomic mass is 10.1. The van der Waals surface area contributed by atoms with E-state index in [-0.39, 0.29) is 43.0 Å². The molecule has 0 spiro atoms. The minimum atomic E-state index is -0.488. The van der Waals surface area contributed by atoms with E-state index >= 15 is 0 Å². The number of amides is 2. The number of likely N-dealkylation sites (tertiary alicyclic amines) is 1. The van der Waals surface area contributed by atoms with Gasteiger partial charge in [0.25, 0.3) is 0 Å². The molecule has 0 bridgehead atoms. The van der Waals surface area contributed by atoms with Crippen LogP contribution in [-0.2, 0) is 22.7 Å². The van der Waals surface area contributed by atoms with Crippen molar-refractivity contribution in [3.05, 3.63) is 83.7 Å². The van der Waals surface area contributed by atoms with Crippen LogP contribution in [0.25, 0.3) is 0 Å². The summed E-state index contributed by atoms with van der Waals surface area (Å²) in [4.78, 5) is 26.4. The number of nitrogens with zero attached hydrogens (tertiary/aromatic N) is 3. The molecule has 30 heavy (non-hydrogen) atoms. The van der Waals surface area contributed by atoms with Gasteiger partial charge in [-0.1, -0.05) is 24.3 Å². The number of aromatic nitrogens is 2. The first-order chi connectivity index (χ1) is 14.5. The smallest absolute Gasteiger partial charge is 0.229 e. The molecule has 2 heterocycles. The average molecular weight is 410 g/mol. The molecule has 2 amide bonds. The Morgan fingerprint density at radius 3 is 2.40 bits per heavy atom. The lowest BCUT2D eigenvalue weighted by Crippen LogP contribution is -2.28. The molecule has 2 aromatic carbocycles. The van der Waals surface area contributed by atoms with Gasteiger partial charge in [-0.3, -0.25) is 14.3 Å². The largest absolute Gasteiger partial charge is 0.338 e. The number of hydrogen-bond donors (Lipinski definition) is 1. The van der Waals surface area contributed by atoms with Gasteiger partial charge in [0.15, 0.2) is 0 Å². The highest BCUT2D eigenvalue weighted by atomic mass is 19.1. The van der Waals surface area contributed by atoms with Crippen molar-refractivity contribution in [2.45, 2.75) is 19.5 Å². The monoisotopic (exact) mass is 410 g/mol. The van der Waals surface area contributed by atoms with E-state index in [2.05, 4.69) is 10.4 Å². The van der Waals surface area contributed by atoms with Gasteiger partial charge in [0, 0.05) is 25.7 Å². The number of benzene rings is 2. The molecule has 0 saturated carbocycles. The number of carbonyl (C=O) groups excluding carboxylic acids is 2. The van der Waals surface area contributed by atoms with E-state index in [1.807, 2.05) is 0 Å². The van der Waals surface area contributed by atoms with Crippen LogP contribution in [0.2, 0.25) is 0 Å². The number of rotatable bonds is 6. The molecule has 0 aliphatic carbocycles. The SMILES string of the molecule is O=C(Nc1cnn(Cc2cccc(F)c2)c1)C1CC(=O)N(Cc2cccc(F)c2)C1. The molecule has 1 unspecified atom stereocenters. The molecular formula is C22H20F2N4O2. The summed E-state index contributed by atoms with van der Waals surface area (Å²) >= 11 is 0. The van der Waals surface area contributed by atoms with Gasteiger partial charge >= 0.3 is 0 Å². The second-order valence-corrected chi connectivity index (χ2v) is 7.35. The van der Waals surface area contributed by atoms with Gasteiger partial charge in [-0.15, -0.1) is 0 Å². The van der Waals surface area contributed by atoms with Crippen molar-refractivity contribution < 1.29 is 18.4 Å². The van der Waals surface area contributed by atoms with E-state index in [0.29, 0.717) is 17.8 Å². The Balaban J connectivity index is 1.34. The highest BCUT2D eigenvalue weighted by molar-refractivity contribution is 5.97. The Morgan fingerprint density at radius 1 is 1.07 bits per heavy atom. The lowest BCUT2D eigenvalue weighted by Gasteiger charge is -2.16. The summed E-state index contributed by atoms with van der Waals surface area (Å²) in [6.45, 7) is 0.918. The van der Waals surface area contributed by atoms with Crippen LogP contribution in [0.3, 0.4) is 0 Å². The molecule has 6 nitrogen and oxygen atoms in total. The van der Waals surface area contributed by atoms with Crippen LogP contribution in [0, 0.1) is 17.6 Å². The number of hydrogen-bond acceptors (Lipinski definition) is 3. The fourth-order valence-corrected chi connectivity index (χ4v) is 3.54. The Morgan fingerprint density at radius 2 is 1.73 bits per heavy atom. The van der Waals surface area contributed by atoms with Crippen molar-refractivity contribution in [1.29, 1.82) is 0 Å². The summed E-state index contributed by atoms with van der Waals surface area (Å²) in [5, 5.41) is 6.96. The molecule has 3 aromatic rings. The first-order valence-electron chi connectivity index (χ1n) is 9.56. The molecule has 1 aliphatic rings. The normalized spacial score (nSPS) is 16.1. The first kappa shape index (κ1) is 19.8. The molecule has 1 aromatic heterocycles. The Hall–Kier alpha value is -3.55. The lowest BCUT2D eigenvalue weighted by molar-refractivity contribution is -0.128. The predicted molar refractivity (Wildman–Crippen MR) is 106 cm³/mol. The first-order valence-corrected chi connectivity index (χ1v) is 9.56. The molecule has 1 fully saturated rings. The number of anilines is 1. The highest BCUT2D eigenvalue weighted by Gasteiger charge is 2.34. The third kappa shape index (κ3) is 4.71. The molecule has 1 N–H and O–H groups in total. The second-order valence-electron chi connectivity index (χ2n) is 7.35. The standard InChI is InChI=1S/C22H20F2N4O2/c23-18-5-1-3-15(7-18)11-27-13-17(9-21(27)29)22(30)26-20-10-25-28(14-20)12-16-4-2-6-19(24)8-16/h1-8,10,14,17H,9,11-13H2,(H,26,30). The van der Waals surface area contributed by atoms with Crippen molar-refractivity contribution in [2.75, 3.05) is 11.9 Å². The zero-order valence-corrected chi connectivity index (χ0v) is 16.1. The van der Waals surface area contributed by atoms with E-state index in [9.17, 15) is 18.4 Å². The third-order valence-corrected chi connectivity index (χ3v) is 4.98. The van der Waals surface area contributed by atoms with E-state index in [4.69, 9.17) is 0 Å². The maximum absolute atomic E-state index is 13.4. The number of carbonyl (C=O) groups is 2. The molecule has 8 heteroatoms. The molecule has 1 aliphatic heterocycles. The van der Waals surface area contributed by atoms with Gasteiger partial charge < -0.3 is 10.2 Å². The maximum atomic E-state index is 13.4. The molecule has 1 atom stereocenters. The number of nitrogens with one attached hydrogen (secondary N) is 1. The van der Waals surface area contributed by atoms with E-state index < -0.39 is 5.92 Å². The predicted octanol–water partition coefficient (Wildman–Crippen LogP) is 3.20.